The predicted octanol–water partition coefficient (Wildman–Crippen LogP) is 4.25. The molecule has 0 fully saturated rings. The van der Waals surface area contributed by atoms with E-state index in [0.29, 0.717) is 17.9 Å². The number of nitrogens with one attached hydrogen (secondary N) is 1. The van der Waals surface area contributed by atoms with E-state index in [2.05, 4.69) is 12.2 Å². The van der Waals surface area contributed by atoms with Crippen LogP contribution in [-0.4, -0.2) is 38.5 Å². The molecule has 0 heterocycles. The van der Waals surface area contributed by atoms with Gasteiger partial charge >= 0.3 is 11.9 Å². The van der Waals surface area contributed by atoms with E-state index in [9.17, 15) is 14.4 Å². The van der Waals surface area contributed by atoms with Gasteiger partial charge in [-0.05, 0) is 48.9 Å². The molecule has 0 aliphatic carbocycles. The highest BCUT2D eigenvalue weighted by Gasteiger charge is 2.13. The number of methoxy groups -OCH3 is 2. The van der Waals surface area contributed by atoms with Crippen LogP contribution in [0.5, 0.6) is 5.75 Å². The standard InChI is InChI=1S/C23H25NO6/c1-4-5-12-30-20-8-6-16(7-9-20)21(25)10-11-24-19-14-17(22(26)28-2)13-18(15-19)23(27)29-3/h6-11,13-15,24H,4-5,12H2,1-3H3/b11-10+. The number of allylic oxidation sites excluding steroid dienone is 1. The van der Waals surface area contributed by atoms with Gasteiger partial charge in [0.2, 0.25) is 0 Å². The summed E-state index contributed by atoms with van der Waals surface area (Å²) < 4.78 is 15.0. The minimum absolute atomic E-state index is 0.182. The maximum Gasteiger partial charge on any atom is 0.337 e. The molecule has 0 amide bonds. The number of benzene rings is 2. The Morgan fingerprint density at radius 1 is 0.900 bits per heavy atom. The van der Waals surface area contributed by atoms with Gasteiger partial charge in [-0.1, -0.05) is 13.3 Å². The molecule has 0 bridgehead atoms. The fourth-order valence-corrected chi connectivity index (χ4v) is 2.54. The Morgan fingerprint density at radius 2 is 1.50 bits per heavy atom. The number of carbonyl (C=O) groups excluding carboxylic acids is 3. The molecule has 2 aromatic rings. The normalized spacial score (nSPS) is 10.5. The number of hydrogen-bond donors (Lipinski definition) is 1. The molecule has 1 N–H and O–H groups in total. The van der Waals surface area contributed by atoms with Crippen molar-refractivity contribution < 1.29 is 28.6 Å². The van der Waals surface area contributed by atoms with Crippen molar-refractivity contribution >= 4 is 23.4 Å². The van der Waals surface area contributed by atoms with Crippen LogP contribution in [0.1, 0.15) is 50.8 Å². The van der Waals surface area contributed by atoms with Crippen LogP contribution in [0.4, 0.5) is 5.69 Å². The summed E-state index contributed by atoms with van der Waals surface area (Å²) in [4.78, 5) is 36.0. The molecule has 0 spiro atoms. The van der Waals surface area contributed by atoms with Crippen molar-refractivity contribution in [3.05, 3.63) is 71.4 Å². The van der Waals surface area contributed by atoms with E-state index < -0.39 is 11.9 Å². The van der Waals surface area contributed by atoms with Gasteiger partial charge in [-0.25, -0.2) is 9.59 Å². The lowest BCUT2D eigenvalue weighted by atomic mass is 10.1. The summed E-state index contributed by atoms with van der Waals surface area (Å²) in [5.41, 5.74) is 1.30. The van der Waals surface area contributed by atoms with Crippen molar-refractivity contribution in [1.29, 1.82) is 0 Å². The number of hydrogen-bond acceptors (Lipinski definition) is 7. The monoisotopic (exact) mass is 411 g/mol. The van der Waals surface area contributed by atoms with Crippen LogP contribution in [0.15, 0.2) is 54.7 Å². The second-order valence-electron chi connectivity index (χ2n) is 6.35. The molecule has 0 atom stereocenters. The summed E-state index contributed by atoms with van der Waals surface area (Å²) in [5, 5.41) is 2.89. The maximum atomic E-state index is 12.3. The quantitative estimate of drug-likeness (QED) is 0.270. The Bertz CT molecular complexity index is 884. The van der Waals surface area contributed by atoms with Gasteiger partial charge in [0.25, 0.3) is 0 Å². The molecule has 7 heteroatoms. The van der Waals surface area contributed by atoms with Crippen molar-refractivity contribution in [3.8, 4) is 5.75 Å². The Hall–Kier alpha value is -3.61. The highest BCUT2D eigenvalue weighted by atomic mass is 16.5. The molecule has 0 saturated carbocycles. The van der Waals surface area contributed by atoms with Crippen molar-refractivity contribution in [2.75, 3.05) is 26.1 Å². The van der Waals surface area contributed by atoms with Gasteiger partial charge in [0, 0.05) is 23.5 Å². The Balaban J connectivity index is 2.07. The van der Waals surface area contributed by atoms with Crippen molar-refractivity contribution in [3.63, 3.8) is 0 Å². The molecule has 7 nitrogen and oxygen atoms in total. The Labute approximate surface area is 175 Å². The summed E-state index contributed by atoms with van der Waals surface area (Å²) >= 11 is 0. The zero-order valence-corrected chi connectivity index (χ0v) is 17.3. The van der Waals surface area contributed by atoms with E-state index in [-0.39, 0.29) is 16.9 Å². The van der Waals surface area contributed by atoms with Gasteiger partial charge in [-0.2, -0.15) is 0 Å². The second kappa shape index (κ2) is 11.4. The summed E-state index contributed by atoms with van der Waals surface area (Å²) in [5.74, 6) is -0.674. The van der Waals surface area contributed by atoms with Gasteiger partial charge < -0.3 is 19.5 Å². The lowest BCUT2D eigenvalue weighted by molar-refractivity contribution is 0.0599. The third-order valence-electron chi connectivity index (χ3n) is 4.17. The number of ketones is 1. The summed E-state index contributed by atoms with van der Waals surface area (Å²) in [7, 11) is 2.50. The molecule has 0 radical (unpaired) electrons. The molecular weight excluding hydrogens is 386 g/mol. The lowest BCUT2D eigenvalue weighted by Crippen LogP contribution is -2.07. The Morgan fingerprint density at radius 3 is 2.03 bits per heavy atom. The molecule has 2 aromatic carbocycles. The van der Waals surface area contributed by atoms with Crippen molar-refractivity contribution in [1.82, 2.24) is 0 Å². The van der Waals surface area contributed by atoms with Crippen LogP contribution < -0.4 is 10.1 Å². The SMILES string of the molecule is CCCCOc1ccc(C(=O)/C=C/Nc2cc(C(=O)OC)cc(C(=O)OC)c2)cc1. The van der Waals surface area contributed by atoms with Gasteiger partial charge in [0.1, 0.15) is 5.75 Å². The third kappa shape index (κ3) is 6.48. The average Bonchev–Trinajstić information content (AvgIpc) is 2.78. The van der Waals surface area contributed by atoms with Crippen LogP contribution in [0, 0.1) is 0 Å². The number of rotatable bonds is 10. The topological polar surface area (TPSA) is 90.9 Å². The Kier molecular flexibility index (Phi) is 8.62. The van der Waals surface area contributed by atoms with E-state index in [1.54, 1.807) is 24.3 Å². The molecule has 0 aliphatic heterocycles. The van der Waals surface area contributed by atoms with E-state index in [0.717, 1.165) is 18.6 Å². The van der Waals surface area contributed by atoms with Crippen molar-refractivity contribution in [2.45, 2.75) is 19.8 Å². The molecule has 158 valence electrons. The highest BCUT2D eigenvalue weighted by Crippen LogP contribution is 2.18. The second-order valence-corrected chi connectivity index (χ2v) is 6.35. The van der Waals surface area contributed by atoms with E-state index in [4.69, 9.17) is 14.2 Å². The molecule has 30 heavy (non-hydrogen) atoms. The molecule has 2 rings (SSSR count). The third-order valence-corrected chi connectivity index (χ3v) is 4.17. The zero-order valence-electron chi connectivity index (χ0n) is 17.3. The van der Waals surface area contributed by atoms with Crippen molar-refractivity contribution in [2.24, 2.45) is 0 Å². The first kappa shape index (κ1) is 22.7. The molecule has 0 saturated heterocycles. The van der Waals surface area contributed by atoms with Gasteiger partial charge in [-0.3, -0.25) is 4.79 Å². The molecule has 0 aliphatic rings. The predicted molar refractivity (Wildman–Crippen MR) is 113 cm³/mol. The number of esters is 2. The van der Waals surface area contributed by atoms with Gasteiger partial charge in [-0.15, -0.1) is 0 Å². The van der Waals surface area contributed by atoms with Gasteiger partial charge in [0.05, 0.1) is 32.0 Å². The average molecular weight is 411 g/mol. The van der Waals surface area contributed by atoms with E-state index in [1.165, 1.54) is 44.7 Å². The first-order valence-electron chi connectivity index (χ1n) is 9.50. The van der Waals surface area contributed by atoms with E-state index in [1.807, 2.05) is 0 Å². The van der Waals surface area contributed by atoms with Gasteiger partial charge in [0.15, 0.2) is 5.78 Å². The fraction of sp³-hybridized carbons (Fsp3) is 0.261. The number of carbonyl (C=O) groups is 3. The number of anilines is 1. The number of ether oxygens (including phenoxy) is 3. The molecule has 0 aromatic heterocycles. The van der Waals surface area contributed by atoms with Crippen LogP contribution in [0.25, 0.3) is 0 Å². The first-order chi connectivity index (χ1) is 14.5. The molecule has 0 unspecified atom stereocenters. The van der Waals surface area contributed by atoms with Crippen LogP contribution in [0.3, 0.4) is 0 Å². The zero-order chi connectivity index (χ0) is 21.9. The van der Waals surface area contributed by atoms with Crippen LogP contribution in [0.2, 0.25) is 0 Å². The fourth-order valence-electron chi connectivity index (χ4n) is 2.54. The summed E-state index contributed by atoms with van der Waals surface area (Å²) in [6.07, 6.45) is 4.82. The lowest BCUT2D eigenvalue weighted by Gasteiger charge is -2.08. The first-order valence-corrected chi connectivity index (χ1v) is 9.50. The highest BCUT2D eigenvalue weighted by molar-refractivity contribution is 6.04. The number of unbranched alkanes of at least 4 members (excludes halogenated alkanes) is 1. The summed E-state index contributed by atoms with van der Waals surface area (Å²) in [6, 6.07) is 11.3. The minimum atomic E-state index is -0.592. The van der Waals surface area contributed by atoms with Crippen LogP contribution >= 0.6 is 0 Å². The smallest absolute Gasteiger partial charge is 0.337 e. The largest absolute Gasteiger partial charge is 0.494 e. The summed E-state index contributed by atoms with van der Waals surface area (Å²) in [6.45, 7) is 2.74. The van der Waals surface area contributed by atoms with E-state index >= 15 is 0 Å². The maximum absolute atomic E-state index is 12.3. The minimum Gasteiger partial charge on any atom is -0.494 e. The van der Waals surface area contributed by atoms with Crippen LogP contribution in [-0.2, 0) is 9.47 Å². The molecular formula is C23H25NO6.